The monoisotopic (exact) mass is 577 g/mol. The van der Waals surface area contributed by atoms with E-state index in [0.717, 1.165) is 37.1 Å². The number of hydrogen-bond donors (Lipinski definition) is 1. The lowest BCUT2D eigenvalue weighted by Crippen LogP contribution is -2.58. The summed E-state index contributed by atoms with van der Waals surface area (Å²) in [5.74, 6) is -1.47. The number of fused-ring (bicyclic) bond motifs is 2. The zero-order chi connectivity index (χ0) is 29.5. The fraction of sp³-hybridized carbons (Fsp3) is 0.606. The molecule has 1 N–H and O–H groups in total. The standard InChI is InChI=1S/C33H43N3O6/c1-3-32-17-8-19-34(24-13-15-25(16-14-24)41-4-2)29(38)26(32)27-30(39)36(21-10-22-37)28-31(40)35(23-11-6-5-7-12-23)20-9-18-33(27,28)42-32/h8-9,13-18,23,26-28,37H,3-7,10-12,19-22H2,1-2H3/t26-,27-,28?,32+,33-/m0/s1. The molecule has 9 heteroatoms. The fourth-order valence-corrected chi connectivity index (χ4v) is 8.10. The molecular formula is C33H43N3O6. The van der Waals surface area contributed by atoms with Gasteiger partial charge in [-0.05, 0) is 56.9 Å². The van der Waals surface area contributed by atoms with Crippen LogP contribution in [0.25, 0.3) is 0 Å². The highest BCUT2D eigenvalue weighted by Gasteiger charge is 2.75. The van der Waals surface area contributed by atoms with Crippen molar-refractivity contribution in [2.75, 3.05) is 37.7 Å². The molecule has 1 aromatic rings. The molecule has 1 saturated carbocycles. The first-order valence-electron chi connectivity index (χ1n) is 15.7. The molecule has 2 saturated heterocycles. The third kappa shape index (κ3) is 4.47. The molecule has 1 aromatic carbocycles. The highest BCUT2D eigenvalue weighted by Crippen LogP contribution is 2.59. The van der Waals surface area contributed by atoms with E-state index in [4.69, 9.17) is 9.47 Å². The Bertz CT molecular complexity index is 1260. The second-order valence-corrected chi connectivity index (χ2v) is 12.2. The van der Waals surface area contributed by atoms with Crippen LogP contribution in [0.1, 0.15) is 58.8 Å². The quantitative estimate of drug-likeness (QED) is 0.475. The number of aliphatic hydroxyl groups is 1. The predicted octanol–water partition coefficient (Wildman–Crippen LogP) is 3.46. The van der Waals surface area contributed by atoms with Crippen molar-refractivity contribution in [2.45, 2.75) is 82.1 Å². The SMILES string of the molecule is CCOc1ccc(N2CC=C[C@@]3(CC)O[C@]45C=CCN(C6CCCCC6)C(=O)C4N(CCCO)C(=O)[C@@H]5[C@H]3C2=O)cc1. The summed E-state index contributed by atoms with van der Waals surface area (Å²) in [6.07, 6.45) is 13.9. The lowest BCUT2D eigenvalue weighted by atomic mass is 9.73. The fourth-order valence-electron chi connectivity index (χ4n) is 8.10. The van der Waals surface area contributed by atoms with Gasteiger partial charge in [0, 0.05) is 38.0 Å². The molecule has 4 heterocycles. The largest absolute Gasteiger partial charge is 0.494 e. The average Bonchev–Trinajstić information content (AvgIpc) is 3.29. The van der Waals surface area contributed by atoms with Crippen molar-refractivity contribution < 1.29 is 29.0 Å². The topological polar surface area (TPSA) is 99.6 Å². The van der Waals surface area contributed by atoms with Gasteiger partial charge in [0.15, 0.2) is 0 Å². The maximum atomic E-state index is 14.6. The molecule has 5 aliphatic rings. The molecule has 9 nitrogen and oxygen atoms in total. The van der Waals surface area contributed by atoms with Gasteiger partial charge in [-0.1, -0.05) is 50.5 Å². The molecule has 5 atom stereocenters. The maximum Gasteiger partial charge on any atom is 0.249 e. The summed E-state index contributed by atoms with van der Waals surface area (Å²) in [4.78, 5) is 48.9. The van der Waals surface area contributed by atoms with Crippen LogP contribution < -0.4 is 9.64 Å². The van der Waals surface area contributed by atoms with Crippen molar-refractivity contribution in [1.29, 1.82) is 0 Å². The van der Waals surface area contributed by atoms with Crippen LogP contribution in [0.2, 0.25) is 0 Å². The minimum atomic E-state index is -1.27. The highest BCUT2D eigenvalue weighted by atomic mass is 16.5. The number of carbonyl (C=O) groups is 3. The molecule has 3 fully saturated rings. The van der Waals surface area contributed by atoms with Crippen LogP contribution in [-0.2, 0) is 19.1 Å². The Balaban J connectivity index is 1.42. The van der Waals surface area contributed by atoms with Gasteiger partial charge in [0.05, 0.1) is 24.0 Å². The summed E-state index contributed by atoms with van der Waals surface area (Å²) in [6.45, 7) is 5.41. The minimum Gasteiger partial charge on any atom is -0.494 e. The first-order valence-corrected chi connectivity index (χ1v) is 15.7. The second kappa shape index (κ2) is 11.5. The van der Waals surface area contributed by atoms with Crippen molar-refractivity contribution in [1.82, 2.24) is 9.80 Å². The van der Waals surface area contributed by atoms with Crippen LogP contribution >= 0.6 is 0 Å². The van der Waals surface area contributed by atoms with Gasteiger partial charge in [0.25, 0.3) is 0 Å². The molecule has 0 aromatic heterocycles. The van der Waals surface area contributed by atoms with Gasteiger partial charge < -0.3 is 29.3 Å². The molecule has 1 aliphatic carbocycles. The van der Waals surface area contributed by atoms with E-state index in [1.54, 1.807) is 9.80 Å². The van der Waals surface area contributed by atoms with E-state index in [2.05, 4.69) is 0 Å². The van der Waals surface area contributed by atoms with E-state index >= 15 is 0 Å². The zero-order valence-corrected chi connectivity index (χ0v) is 24.7. The number of carbonyl (C=O) groups excluding carboxylic acids is 3. The van der Waals surface area contributed by atoms with E-state index in [-0.39, 0.29) is 36.9 Å². The van der Waals surface area contributed by atoms with Gasteiger partial charge in [0.1, 0.15) is 17.4 Å². The Kier molecular flexibility index (Phi) is 7.91. The van der Waals surface area contributed by atoms with Crippen LogP contribution in [0.4, 0.5) is 5.69 Å². The molecular weight excluding hydrogens is 534 g/mol. The summed E-state index contributed by atoms with van der Waals surface area (Å²) in [7, 11) is 0. The Labute approximate surface area is 248 Å². The number of nitrogens with zero attached hydrogens (tertiary/aromatic N) is 3. The van der Waals surface area contributed by atoms with Gasteiger partial charge in [-0.25, -0.2) is 0 Å². The van der Waals surface area contributed by atoms with Gasteiger partial charge >= 0.3 is 0 Å². The van der Waals surface area contributed by atoms with Gasteiger partial charge in [-0.2, -0.15) is 0 Å². The lowest BCUT2D eigenvalue weighted by molar-refractivity contribution is -0.154. The van der Waals surface area contributed by atoms with Crippen LogP contribution in [-0.4, -0.2) is 88.8 Å². The maximum absolute atomic E-state index is 14.6. The molecule has 226 valence electrons. The number of rotatable bonds is 8. The number of amides is 3. The first-order chi connectivity index (χ1) is 20.4. The zero-order valence-electron chi connectivity index (χ0n) is 24.7. The summed E-state index contributed by atoms with van der Waals surface area (Å²) in [5, 5.41) is 9.69. The number of ether oxygens (including phenoxy) is 2. The number of likely N-dealkylation sites (tertiary alicyclic amines) is 1. The summed E-state index contributed by atoms with van der Waals surface area (Å²) < 4.78 is 12.7. The van der Waals surface area contributed by atoms with Crippen LogP contribution in [0.5, 0.6) is 5.75 Å². The van der Waals surface area contributed by atoms with Crippen LogP contribution in [0.15, 0.2) is 48.6 Å². The van der Waals surface area contributed by atoms with Crippen molar-refractivity contribution in [3.05, 3.63) is 48.6 Å². The second-order valence-electron chi connectivity index (χ2n) is 12.2. The summed E-state index contributed by atoms with van der Waals surface area (Å²) in [6, 6.07) is 6.68. The molecule has 3 amide bonds. The molecule has 1 spiro atoms. The molecule has 0 bridgehead atoms. The minimum absolute atomic E-state index is 0.0963. The van der Waals surface area contributed by atoms with Crippen molar-refractivity contribution >= 4 is 23.4 Å². The van der Waals surface area contributed by atoms with Crippen molar-refractivity contribution in [2.24, 2.45) is 11.8 Å². The first kappa shape index (κ1) is 28.9. The molecule has 6 rings (SSSR count). The van der Waals surface area contributed by atoms with Crippen molar-refractivity contribution in [3.63, 3.8) is 0 Å². The van der Waals surface area contributed by atoms with Crippen LogP contribution in [0.3, 0.4) is 0 Å². The van der Waals surface area contributed by atoms with E-state index < -0.39 is 29.1 Å². The normalized spacial score (nSPS) is 33.0. The number of aliphatic hydroxyl groups excluding tert-OH is 1. The summed E-state index contributed by atoms with van der Waals surface area (Å²) in [5.41, 5.74) is -1.57. The molecule has 0 radical (unpaired) electrons. The van der Waals surface area contributed by atoms with E-state index in [9.17, 15) is 19.5 Å². The smallest absolute Gasteiger partial charge is 0.249 e. The Hall–Kier alpha value is -3.17. The lowest BCUT2D eigenvalue weighted by Gasteiger charge is -2.40. The molecule has 42 heavy (non-hydrogen) atoms. The van der Waals surface area contributed by atoms with Gasteiger partial charge in [-0.15, -0.1) is 0 Å². The third-order valence-electron chi connectivity index (χ3n) is 10.0. The number of hydrogen-bond acceptors (Lipinski definition) is 6. The Morgan fingerprint density at radius 3 is 2.36 bits per heavy atom. The van der Waals surface area contributed by atoms with Gasteiger partial charge in [0.2, 0.25) is 17.7 Å². The van der Waals surface area contributed by atoms with E-state index in [1.807, 2.05) is 67.3 Å². The third-order valence-corrected chi connectivity index (χ3v) is 10.0. The Morgan fingerprint density at radius 2 is 1.67 bits per heavy atom. The summed E-state index contributed by atoms with van der Waals surface area (Å²) >= 11 is 0. The Morgan fingerprint density at radius 1 is 0.929 bits per heavy atom. The van der Waals surface area contributed by atoms with E-state index in [0.29, 0.717) is 32.5 Å². The number of anilines is 1. The molecule has 1 unspecified atom stereocenters. The number of benzene rings is 1. The van der Waals surface area contributed by atoms with E-state index in [1.165, 1.54) is 6.42 Å². The van der Waals surface area contributed by atoms with Gasteiger partial charge in [-0.3, -0.25) is 14.4 Å². The van der Waals surface area contributed by atoms with Crippen molar-refractivity contribution in [3.8, 4) is 5.75 Å². The highest BCUT2D eigenvalue weighted by molar-refractivity contribution is 6.04. The predicted molar refractivity (Wildman–Crippen MR) is 158 cm³/mol. The van der Waals surface area contributed by atoms with Crippen LogP contribution in [0, 0.1) is 11.8 Å². The molecule has 4 aliphatic heterocycles. The average molecular weight is 578 g/mol.